The molecule has 0 aliphatic carbocycles. The molecule has 0 radical (unpaired) electrons. The van der Waals surface area contributed by atoms with Gasteiger partial charge in [0.15, 0.2) is 0 Å². The number of amides is 1. The lowest BCUT2D eigenvalue weighted by molar-refractivity contribution is -0.136. The summed E-state index contributed by atoms with van der Waals surface area (Å²) in [5.74, 6) is -0.894. The fraction of sp³-hybridized carbons (Fsp3) is 0.0476. The fourth-order valence-electron chi connectivity index (χ4n) is 2.98. The molecule has 0 saturated carbocycles. The molecule has 30 heavy (non-hydrogen) atoms. The first-order chi connectivity index (χ1) is 14.4. The Balaban J connectivity index is 1.73. The maximum absolute atomic E-state index is 12.3. The van der Waals surface area contributed by atoms with Gasteiger partial charge in [-0.25, -0.2) is 14.7 Å². The minimum atomic E-state index is -0.695. The number of nitrogen functional groups attached to an aromatic ring is 1. The van der Waals surface area contributed by atoms with Crippen molar-refractivity contribution in [3.8, 4) is 11.3 Å². The van der Waals surface area contributed by atoms with Gasteiger partial charge in [-0.3, -0.25) is 4.79 Å². The molecule has 0 atom stereocenters. The number of aromatic nitrogens is 1. The molecule has 9 heteroatoms. The zero-order valence-electron chi connectivity index (χ0n) is 15.8. The molecule has 0 unspecified atom stereocenters. The zero-order valence-corrected chi connectivity index (χ0v) is 15.8. The summed E-state index contributed by atoms with van der Waals surface area (Å²) < 4.78 is 4.93. The van der Waals surface area contributed by atoms with Crippen LogP contribution < -0.4 is 16.7 Å². The molecule has 2 aromatic carbocycles. The van der Waals surface area contributed by atoms with Crippen LogP contribution in [0.4, 0.5) is 11.4 Å². The number of nitrogens with two attached hydrogens (primary N) is 1. The third kappa shape index (κ3) is 3.63. The van der Waals surface area contributed by atoms with E-state index in [1.807, 2.05) is 0 Å². The highest BCUT2D eigenvalue weighted by Crippen LogP contribution is 2.26. The second kappa shape index (κ2) is 7.55. The van der Waals surface area contributed by atoms with Crippen LogP contribution in [0.25, 0.3) is 17.3 Å². The minimum absolute atomic E-state index is 0.103. The minimum Gasteiger partial charge on any atom is -0.399 e. The number of carbonyl (C=O) groups is 2. The lowest BCUT2D eigenvalue weighted by Gasteiger charge is -2.04. The van der Waals surface area contributed by atoms with Gasteiger partial charge in [-0.05, 0) is 30.3 Å². The molecule has 0 spiro atoms. The van der Waals surface area contributed by atoms with Gasteiger partial charge >= 0.3 is 11.6 Å². The SMILES string of the molecule is CC(=O)Nc1ccc(C2=NOC(=O)C2=Cc2c(-c3ccc(N)cc3)[nH]oc2=O)cc1. The normalized spacial score (nSPS) is 14.5. The van der Waals surface area contributed by atoms with Crippen LogP contribution in [0.5, 0.6) is 0 Å². The molecule has 0 fully saturated rings. The lowest BCUT2D eigenvalue weighted by atomic mass is 9.99. The van der Waals surface area contributed by atoms with Gasteiger partial charge in [0.2, 0.25) is 5.91 Å². The van der Waals surface area contributed by atoms with Crippen molar-refractivity contribution in [2.45, 2.75) is 6.92 Å². The number of aromatic amines is 1. The molecule has 2 heterocycles. The van der Waals surface area contributed by atoms with E-state index in [0.29, 0.717) is 28.2 Å². The Hall–Kier alpha value is -4.40. The molecule has 1 aliphatic heterocycles. The first-order valence-electron chi connectivity index (χ1n) is 8.89. The quantitative estimate of drug-likeness (QED) is 0.347. The molecule has 150 valence electrons. The first-order valence-corrected chi connectivity index (χ1v) is 8.89. The Bertz CT molecular complexity index is 1250. The Labute approximate surface area is 169 Å². The molecular formula is C21H16N4O5. The van der Waals surface area contributed by atoms with Gasteiger partial charge in [0.05, 0.1) is 16.8 Å². The van der Waals surface area contributed by atoms with Gasteiger partial charge in [0, 0.05) is 29.4 Å². The molecule has 0 bridgehead atoms. The number of oxime groups is 1. The van der Waals surface area contributed by atoms with Crippen LogP contribution in [-0.2, 0) is 14.4 Å². The molecule has 3 aromatic rings. The molecule has 1 amide bonds. The fourth-order valence-corrected chi connectivity index (χ4v) is 2.98. The standard InChI is InChI=1S/C21H16N4O5/c1-11(26)23-15-8-4-13(5-9-15)19-17(21(28)30-25-19)10-16-18(24-29-20(16)27)12-2-6-14(22)7-3-12/h2-10,24H,22H2,1H3,(H,23,26). The van der Waals surface area contributed by atoms with Gasteiger partial charge in [-0.1, -0.05) is 29.4 Å². The third-order valence-electron chi connectivity index (χ3n) is 4.40. The van der Waals surface area contributed by atoms with Crippen LogP contribution >= 0.6 is 0 Å². The molecule has 4 rings (SSSR count). The van der Waals surface area contributed by atoms with Crippen LogP contribution in [0.2, 0.25) is 0 Å². The monoisotopic (exact) mass is 404 g/mol. The lowest BCUT2D eigenvalue weighted by Crippen LogP contribution is -2.09. The Morgan fingerprint density at radius 3 is 2.40 bits per heavy atom. The van der Waals surface area contributed by atoms with Crippen LogP contribution in [0.15, 0.2) is 68.6 Å². The summed E-state index contributed by atoms with van der Waals surface area (Å²) in [6.45, 7) is 1.41. The topological polar surface area (TPSA) is 140 Å². The van der Waals surface area contributed by atoms with Crippen LogP contribution in [0.1, 0.15) is 18.1 Å². The Kier molecular flexibility index (Phi) is 4.77. The highest BCUT2D eigenvalue weighted by molar-refractivity contribution is 6.31. The number of rotatable bonds is 4. The summed E-state index contributed by atoms with van der Waals surface area (Å²) in [5, 5.41) is 9.07. The molecule has 0 saturated heterocycles. The summed E-state index contributed by atoms with van der Waals surface area (Å²) in [6, 6.07) is 13.5. The van der Waals surface area contributed by atoms with E-state index in [1.165, 1.54) is 13.0 Å². The van der Waals surface area contributed by atoms with Crippen molar-refractivity contribution >= 4 is 35.0 Å². The summed E-state index contributed by atoms with van der Waals surface area (Å²) in [4.78, 5) is 40.5. The number of nitrogens with zero attached hydrogens (tertiary/aromatic N) is 1. The van der Waals surface area contributed by atoms with Gasteiger partial charge in [-0.15, -0.1) is 0 Å². The number of hydrogen-bond donors (Lipinski definition) is 3. The number of H-pyrrole nitrogens is 1. The van der Waals surface area contributed by atoms with Gasteiger partial charge in [0.25, 0.3) is 0 Å². The van der Waals surface area contributed by atoms with Gasteiger partial charge < -0.3 is 20.4 Å². The maximum atomic E-state index is 12.3. The van der Waals surface area contributed by atoms with Crippen LogP contribution in [-0.4, -0.2) is 22.7 Å². The maximum Gasteiger partial charge on any atom is 0.368 e. The predicted octanol–water partition coefficient (Wildman–Crippen LogP) is 2.52. The highest BCUT2D eigenvalue weighted by Gasteiger charge is 2.28. The molecule has 1 aliphatic rings. The zero-order chi connectivity index (χ0) is 21.3. The van der Waals surface area contributed by atoms with Crippen molar-refractivity contribution in [3.05, 3.63) is 75.7 Å². The molecule has 4 N–H and O–H groups in total. The number of benzene rings is 2. The average Bonchev–Trinajstić information content (AvgIpc) is 3.26. The number of anilines is 2. The van der Waals surface area contributed by atoms with E-state index in [2.05, 4.69) is 15.6 Å². The largest absolute Gasteiger partial charge is 0.399 e. The smallest absolute Gasteiger partial charge is 0.368 e. The van der Waals surface area contributed by atoms with E-state index in [-0.39, 0.29) is 22.8 Å². The second-order valence-corrected chi connectivity index (χ2v) is 6.54. The van der Waals surface area contributed by atoms with Gasteiger partial charge in [0.1, 0.15) is 5.71 Å². The average molecular weight is 404 g/mol. The van der Waals surface area contributed by atoms with E-state index < -0.39 is 11.6 Å². The second-order valence-electron chi connectivity index (χ2n) is 6.54. The number of carbonyl (C=O) groups excluding carboxylic acids is 2. The van der Waals surface area contributed by atoms with E-state index in [0.717, 1.165) is 0 Å². The van der Waals surface area contributed by atoms with Crippen molar-refractivity contribution in [2.24, 2.45) is 5.16 Å². The van der Waals surface area contributed by atoms with E-state index >= 15 is 0 Å². The number of nitrogens with one attached hydrogen (secondary N) is 2. The van der Waals surface area contributed by atoms with Crippen molar-refractivity contribution in [1.82, 2.24) is 5.16 Å². The van der Waals surface area contributed by atoms with E-state index in [4.69, 9.17) is 15.1 Å². The first kappa shape index (κ1) is 18.9. The summed E-state index contributed by atoms with van der Waals surface area (Å²) >= 11 is 0. The predicted molar refractivity (Wildman–Crippen MR) is 111 cm³/mol. The van der Waals surface area contributed by atoms with Crippen molar-refractivity contribution in [3.63, 3.8) is 0 Å². The van der Waals surface area contributed by atoms with Crippen molar-refractivity contribution in [1.29, 1.82) is 0 Å². The van der Waals surface area contributed by atoms with Crippen molar-refractivity contribution < 1.29 is 18.9 Å². The van der Waals surface area contributed by atoms with E-state index in [9.17, 15) is 14.4 Å². The number of hydrogen-bond acceptors (Lipinski definition) is 7. The Morgan fingerprint density at radius 2 is 1.73 bits per heavy atom. The van der Waals surface area contributed by atoms with Crippen LogP contribution in [0.3, 0.4) is 0 Å². The molecular weight excluding hydrogens is 388 g/mol. The van der Waals surface area contributed by atoms with Gasteiger partial charge in [-0.2, -0.15) is 0 Å². The molecule has 9 nitrogen and oxygen atoms in total. The summed E-state index contributed by atoms with van der Waals surface area (Å²) in [7, 11) is 0. The summed E-state index contributed by atoms with van der Waals surface area (Å²) in [5.41, 5.74) is 8.38. The van der Waals surface area contributed by atoms with E-state index in [1.54, 1.807) is 48.5 Å². The molecule has 1 aromatic heterocycles. The Morgan fingerprint density at radius 1 is 1.07 bits per heavy atom. The van der Waals surface area contributed by atoms with Crippen molar-refractivity contribution in [2.75, 3.05) is 11.1 Å². The highest BCUT2D eigenvalue weighted by atomic mass is 16.7. The summed E-state index contributed by atoms with van der Waals surface area (Å²) in [6.07, 6.45) is 1.38. The third-order valence-corrected chi connectivity index (χ3v) is 4.40. The van der Waals surface area contributed by atoms with Crippen LogP contribution in [0, 0.1) is 0 Å².